The predicted octanol–water partition coefficient (Wildman–Crippen LogP) is 2.39. The van der Waals surface area contributed by atoms with E-state index in [1.807, 2.05) is 0 Å². The summed E-state index contributed by atoms with van der Waals surface area (Å²) in [5, 5.41) is 0. The van der Waals surface area contributed by atoms with Gasteiger partial charge in [-0.15, -0.1) is 0 Å². The van der Waals surface area contributed by atoms with Crippen molar-refractivity contribution in [2.45, 2.75) is 64.6 Å². The van der Waals surface area contributed by atoms with E-state index in [2.05, 4.69) is 18.7 Å². The zero-order valence-corrected chi connectivity index (χ0v) is 11.7. The molecule has 2 N–H and O–H groups in total. The highest BCUT2D eigenvalue weighted by Crippen LogP contribution is 2.12. The van der Waals surface area contributed by atoms with Crippen LogP contribution in [0, 0.1) is 0 Å². The van der Waals surface area contributed by atoms with Gasteiger partial charge in [-0.2, -0.15) is 0 Å². The summed E-state index contributed by atoms with van der Waals surface area (Å²) in [5.41, 5.74) is 5.47. The lowest BCUT2D eigenvalue weighted by atomic mass is 10.1. The third-order valence-corrected chi connectivity index (χ3v) is 3.42. The molecule has 0 unspecified atom stereocenters. The van der Waals surface area contributed by atoms with Crippen LogP contribution in [0.3, 0.4) is 0 Å². The molecule has 1 saturated heterocycles. The van der Waals surface area contributed by atoms with E-state index in [1.54, 1.807) is 0 Å². The molecule has 0 saturated carbocycles. The third-order valence-electron chi connectivity index (χ3n) is 3.42. The summed E-state index contributed by atoms with van der Waals surface area (Å²) in [5.74, 6) is 0. The zero-order valence-electron chi connectivity index (χ0n) is 11.7. The van der Waals surface area contributed by atoms with Crippen LogP contribution in [0.25, 0.3) is 0 Å². The molecule has 1 heterocycles. The Morgan fingerprint density at radius 1 is 0.941 bits per heavy atom. The van der Waals surface area contributed by atoms with Crippen molar-refractivity contribution in [2.24, 2.45) is 5.73 Å². The second-order valence-corrected chi connectivity index (χ2v) is 5.43. The van der Waals surface area contributed by atoms with Gasteiger partial charge >= 0.3 is 0 Å². The quantitative estimate of drug-likeness (QED) is 0.664. The Balaban J connectivity index is 1.95. The maximum Gasteiger partial charge on any atom is 0.0678 e. The summed E-state index contributed by atoms with van der Waals surface area (Å²) in [7, 11) is 0. The van der Waals surface area contributed by atoms with Crippen molar-refractivity contribution in [1.29, 1.82) is 0 Å². The fraction of sp³-hybridized carbons (Fsp3) is 1.00. The van der Waals surface area contributed by atoms with Crippen molar-refractivity contribution in [2.75, 3.05) is 26.2 Å². The zero-order chi connectivity index (χ0) is 12.5. The van der Waals surface area contributed by atoms with Crippen LogP contribution in [-0.4, -0.2) is 43.3 Å². The van der Waals surface area contributed by atoms with Gasteiger partial charge in [-0.05, 0) is 39.8 Å². The topological polar surface area (TPSA) is 38.5 Å². The SMILES string of the molecule is C[C@@H]1CN(CCCCCCCCN)C[C@H](C)O1. The average Bonchev–Trinajstić information content (AvgIpc) is 2.26. The first-order chi connectivity index (χ1) is 8.22. The molecule has 2 atom stereocenters. The van der Waals surface area contributed by atoms with Crippen molar-refractivity contribution >= 4 is 0 Å². The number of nitrogens with zero attached hydrogens (tertiary/aromatic N) is 1. The van der Waals surface area contributed by atoms with Crippen LogP contribution in [0.2, 0.25) is 0 Å². The fourth-order valence-electron chi connectivity index (χ4n) is 2.65. The van der Waals surface area contributed by atoms with E-state index in [1.165, 1.54) is 45.1 Å². The molecule has 0 radical (unpaired) electrons. The van der Waals surface area contributed by atoms with Gasteiger partial charge in [0.25, 0.3) is 0 Å². The van der Waals surface area contributed by atoms with Gasteiger partial charge in [0.1, 0.15) is 0 Å². The molecular formula is C14H30N2O. The molecule has 1 aliphatic rings. The molecule has 3 nitrogen and oxygen atoms in total. The Bertz CT molecular complexity index is 177. The lowest BCUT2D eigenvalue weighted by Gasteiger charge is -2.35. The maximum atomic E-state index is 5.73. The summed E-state index contributed by atoms with van der Waals surface area (Å²) >= 11 is 0. The van der Waals surface area contributed by atoms with Gasteiger partial charge in [0.05, 0.1) is 12.2 Å². The number of rotatable bonds is 8. The van der Waals surface area contributed by atoms with Gasteiger partial charge < -0.3 is 10.5 Å². The van der Waals surface area contributed by atoms with Crippen LogP contribution < -0.4 is 5.73 Å². The first-order valence-corrected chi connectivity index (χ1v) is 7.30. The van der Waals surface area contributed by atoms with Gasteiger partial charge in [-0.25, -0.2) is 0 Å². The van der Waals surface area contributed by atoms with Crippen molar-refractivity contribution in [1.82, 2.24) is 4.90 Å². The number of hydrogen-bond acceptors (Lipinski definition) is 3. The molecule has 0 bridgehead atoms. The van der Waals surface area contributed by atoms with Gasteiger partial charge in [0.2, 0.25) is 0 Å². The normalized spacial score (nSPS) is 26.3. The number of unbranched alkanes of at least 4 members (excludes halogenated alkanes) is 5. The molecule has 1 rings (SSSR count). The molecule has 102 valence electrons. The summed E-state index contributed by atoms with van der Waals surface area (Å²) < 4.78 is 5.73. The van der Waals surface area contributed by atoms with Gasteiger partial charge in [0, 0.05) is 13.1 Å². The number of ether oxygens (including phenoxy) is 1. The van der Waals surface area contributed by atoms with Crippen molar-refractivity contribution in [3.05, 3.63) is 0 Å². The molecule has 0 aliphatic carbocycles. The number of nitrogens with two attached hydrogens (primary N) is 1. The molecule has 0 spiro atoms. The van der Waals surface area contributed by atoms with E-state index in [0.717, 1.165) is 19.6 Å². The van der Waals surface area contributed by atoms with Crippen LogP contribution in [0.4, 0.5) is 0 Å². The van der Waals surface area contributed by atoms with Crippen LogP contribution >= 0.6 is 0 Å². The standard InChI is InChI=1S/C14H30N2O/c1-13-11-16(12-14(2)17-13)10-8-6-4-3-5-7-9-15/h13-14H,3-12,15H2,1-2H3/t13-,14+. The highest BCUT2D eigenvalue weighted by atomic mass is 16.5. The van der Waals surface area contributed by atoms with Crippen molar-refractivity contribution in [3.63, 3.8) is 0 Å². The van der Waals surface area contributed by atoms with E-state index in [-0.39, 0.29) is 0 Å². The van der Waals surface area contributed by atoms with Crippen molar-refractivity contribution in [3.8, 4) is 0 Å². The first-order valence-electron chi connectivity index (χ1n) is 7.30. The minimum absolute atomic E-state index is 0.406. The molecular weight excluding hydrogens is 212 g/mol. The number of hydrogen-bond donors (Lipinski definition) is 1. The van der Waals surface area contributed by atoms with Gasteiger partial charge in [0.15, 0.2) is 0 Å². The Kier molecular flexibility index (Phi) is 7.82. The van der Waals surface area contributed by atoms with E-state index in [9.17, 15) is 0 Å². The monoisotopic (exact) mass is 242 g/mol. The van der Waals surface area contributed by atoms with E-state index < -0.39 is 0 Å². The largest absolute Gasteiger partial charge is 0.373 e. The smallest absolute Gasteiger partial charge is 0.0678 e. The van der Waals surface area contributed by atoms with Crippen LogP contribution in [0.5, 0.6) is 0 Å². The predicted molar refractivity (Wildman–Crippen MR) is 73.2 cm³/mol. The molecule has 1 fully saturated rings. The summed E-state index contributed by atoms with van der Waals surface area (Å²) in [6, 6.07) is 0. The molecule has 0 aromatic carbocycles. The molecule has 0 amide bonds. The molecule has 17 heavy (non-hydrogen) atoms. The Hall–Kier alpha value is -0.120. The number of morpholine rings is 1. The van der Waals surface area contributed by atoms with E-state index in [4.69, 9.17) is 10.5 Å². The van der Waals surface area contributed by atoms with E-state index >= 15 is 0 Å². The molecule has 1 aliphatic heterocycles. The lowest BCUT2D eigenvalue weighted by Crippen LogP contribution is -2.45. The van der Waals surface area contributed by atoms with Crippen molar-refractivity contribution < 1.29 is 4.74 Å². The minimum atomic E-state index is 0.406. The lowest BCUT2D eigenvalue weighted by molar-refractivity contribution is -0.0681. The average molecular weight is 242 g/mol. The fourth-order valence-corrected chi connectivity index (χ4v) is 2.65. The first kappa shape index (κ1) is 14.9. The van der Waals surface area contributed by atoms with Crippen LogP contribution in [0.15, 0.2) is 0 Å². The maximum absolute atomic E-state index is 5.73. The van der Waals surface area contributed by atoms with Gasteiger partial charge in [-0.1, -0.05) is 25.7 Å². The summed E-state index contributed by atoms with van der Waals surface area (Å²) in [6.45, 7) is 8.67. The molecule has 0 aromatic rings. The van der Waals surface area contributed by atoms with E-state index in [0.29, 0.717) is 12.2 Å². The Morgan fingerprint density at radius 3 is 2.06 bits per heavy atom. The third kappa shape index (κ3) is 7.02. The molecule has 3 heteroatoms. The summed E-state index contributed by atoms with van der Waals surface area (Å²) in [6.07, 6.45) is 8.74. The van der Waals surface area contributed by atoms with Gasteiger partial charge in [-0.3, -0.25) is 4.90 Å². The Labute approximate surface area is 107 Å². The second-order valence-electron chi connectivity index (χ2n) is 5.43. The highest BCUT2D eigenvalue weighted by molar-refractivity contribution is 4.72. The summed E-state index contributed by atoms with van der Waals surface area (Å²) in [4.78, 5) is 2.55. The highest BCUT2D eigenvalue weighted by Gasteiger charge is 2.21. The molecule has 0 aromatic heterocycles. The van der Waals surface area contributed by atoms with Crippen LogP contribution in [-0.2, 0) is 4.74 Å². The minimum Gasteiger partial charge on any atom is -0.373 e. The second kappa shape index (κ2) is 8.90. The Morgan fingerprint density at radius 2 is 1.47 bits per heavy atom. The van der Waals surface area contributed by atoms with Crippen LogP contribution in [0.1, 0.15) is 52.4 Å².